The van der Waals surface area contributed by atoms with Gasteiger partial charge in [0.25, 0.3) is 0 Å². The van der Waals surface area contributed by atoms with E-state index in [2.05, 4.69) is 30.9 Å². The molecule has 1 saturated heterocycles. The van der Waals surface area contributed by atoms with Crippen LogP contribution in [0.3, 0.4) is 0 Å². The number of ether oxygens (including phenoxy) is 1. The van der Waals surface area contributed by atoms with Gasteiger partial charge in [-0.25, -0.2) is 15.0 Å². The maximum absolute atomic E-state index is 10.1. The summed E-state index contributed by atoms with van der Waals surface area (Å²) in [6.07, 6.45) is -2.97. The van der Waals surface area contributed by atoms with Gasteiger partial charge in [-0.2, -0.15) is 0 Å². The number of nitrogens with two attached hydrogens (primary N) is 1. The molecule has 1 fully saturated rings. The van der Waals surface area contributed by atoms with Crippen molar-refractivity contribution in [2.24, 2.45) is 0 Å². The van der Waals surface area contributed by atoms with Gasteiger partial charge in [-0.3, -0.25) is 4.57 Å². The van der Waals surface area contributed by atoms with Gasteiger partial charge in [-0.1, -0.05) is 0 Å². The van der Waals surface area contributed by atoms with E-state index in [1.807, 2.05) is 0 Å². The van der Waals surface area contributed by atoms with Crippen LogP contribution in [0.5, 0.6) is 0 Å². The third kappa shape index (κ3) is 1.88. The molecule has 4 atom stereocenters. The van der Waals surface area contributed by atoms with E-state index in [0.29, 0.717) is 15.9 Å². The van der Waals surface area contributed by atoms with Crippen molar-refractivity contribution >= 4 is 32.9 Å². The van der Waals surface area contributed by atoms with E-state index in [4.69, 9.17) is 15.6 Å². The maximum atomic E-state index is 10.1. The summed E-state index contributed by atoms with van der Waals surface area (Å²) in [5.41, 5.74) is 6.43. The topological polar surface area (TPSA) is 140 Å². The first-order valence-corrected chi connectivity index (χ1v) is 6.60. The molecule has 0 aliphatic carbocycles. The Balaban J connectivity index is 2.11. The molecule has 0 spiro atoms. The summed E-state index contributed by atoms with van der Waals surface area (Å²) in [4.78, 5) is 12.1. The van der Waals surface area contributed by atoms with Gasteiger partial charge in [-0.05, 0) is 15.9 Å². The van der Waals surface area contributed by atoms with E-state index in [0.717, 1.165) is 0 Å². The summed E-state index contributed by atoms with van der Waals surface area (Å²) < 4.78 is 7.23. The Morgan fingerprint density at radius 1 is 1.35 bits per heavy atom. The molecule has 0 aromatic carbocycles. The molecular formula is C10H12BrN5O4. The highest BCUT2D eigenvalue weighted by Gasteiger charge is 2.44. The third-order valence-electron chi connectivity index (χ3n) is 3.23. The number of fused-ring (bicyclic) bond motifs is 1. The highest BCUT2D eigenvalue weighted by molar-refractivity contribution is 9.10. The van der Waals surface area contributed by atoms with Gasteiger partial charge >= 0.3 is 0 Å². The number of hydrogen-bond donors (Lipinski definition) is 4. The Kier molecular flexibility index (Phi) is 3.34. The molecule has 3 rings (SSSR count). The van der Waals surface area contributed by atoms with Crippen molar-refractivity contribution in [2.45, 2.75) is 24.5 Å². The summed E-state index contributed by atoms with van der Waals surface area (Å²) in [5, 5.41) is 29.0. The van der Waals surface area contributed by atoms with Gasteiger partial charge in [0.05, 0.1) is 6.61 Å². The van der Waals surface area contributed by atoms with Crippen LogP contribution < -0.4 is 5.73 Å². The number of aliphatic hydroxyl groups excluding tert-OH is 3. The van der Waals surface area contributed by atoms with Crippen molar-refractivity contribution < 1.29 is 20.1 Å². The molecule has 2 aromatic heterocycles. The van der Waals surface area contributed by atoms with Crippen LogP contribution in [0.1, 0.15) is 6.23 Å². The molecule has 20 heavy (non-hydrogen) atoms. The number of anilines is 1. The Bertz CT molecular complexity index is 650. The molecule has 1 aliphatic rings. The first-order valence-electron chi connectivity index (χ1n) is 5.81. The number of aromatic nitrogens is 4. The van der Waals surface area contributed by atoms with Gasteiger partial charge in [-0.15, -0.1) is 0 Å². The van der Waals surface area contributed by atoms with Gasteiger partial charge in [0.1, 0.15) is 24.6 Å². The Morgan fingerprint density at radius 3 is 2.75 bits per heavy atom. The largest absolute Gasteiger partial charge is 0.394 e. The van der Waals surface area contributed by atoms with Gasteiger partial charge in [0, 0.05) is 0 Å². The molecule has 9 nitrogen and oxygen atoms in total. The fourth-order valence-electron chi connectivity index (χ4n) is 2.22. The van der Waals surface area contributed by atoms with E-state index in [9.17, 15) is 10.2 Å². The molecule has 1 aliphatic heterocycles. The fraction of sp³-hybridized carbons (Fsp3) is 0.500. The van der Waals surface area contributed by atoms with E-state index in [-0.39, 0.29) is 5.82 Å². The Morgan fingerprint density at radius 2 is 2.10 bits per heavy atom. The fourth-order valence-corrected chi connectivity index (χ4v) is 2.77. The average Bonchev–Trinajstić information content (AvgIpc) is 2.90. The SMILES string of the molecule is Nc1ncnc2c1nc(Br)n2[C@H]1O[C@@H](CO)C(O)C1O. The van der Waals surface area contributed by atoms with Crippen LogP contribution in [0.15, 0.2) is 11.1 Å². The number of aliphatic hydroxyl groups is 3. The number of rotatable bonds is 2. The van der Waals surface area contributed by atoms with Crippen molar-refractivity contribution in [2.75, 3.05) is 12.3 Å². The number of nitrogens with zero attached hydrogens (tertiary/aromatic N) is 4. The number of hydrogen-bond acceptors (Lipinski definition) is 8. The molecule has 2 aromatic rings. The van der Waals surface area contributed by atoms with Crippen molar-refractivity contribution in [1.82, 2.24) is 19.5 Å². The van der Waals surface area contributed by atoms with Crippen LogP contribution >= 0.6 is 15.9 Å². The van der Waals surface area contributed by atoms with Crippen molar-refractivity contribution in [3.05, 3.63) is 11.1 Å². The number of imidazole rings is 1. The summed E-state index contributed by atoms with van der Waals surface area (Å²) in [7, 11) is 0. The molecule has 2 unspecified atom stereocenters. The lowest BCUT2D eigenvalue weighted by atomic mass is 10.1. The lowest BCUT2D eigenvalue weighted by Gasteiger charge is -2.17. The number of nitrogen functional groups attached to an aromatic ring is 1. The molecule has 5 N–H and O–H groups in total. The standard InChI is InChI=1S/C10H12BrN5O4/c11-10-15-4-7(12)13-2-14-8(4)16(10)9-6(19)5(18)3(1-17)20-9/h2-3,5-6,9,17-19H,1H2,(H2,12,13,14)/t3-,5?,6?,9-/m0/s1. The predicted octanol–water partition coefficient (Wildman–Crippen LogP) is -1.22. The molecule has 108 valence electrons. The highest BCUT2D eigenvalue weighted by Crippen LogP contribution is 2.34. The second-order valence-corrected chi connectivity index (χ2v) is 5.12. The lowest BCUT2D eigenvalue weighted by molar-refractivity contribution is -0.0521. The zero-order valence-electron chi connectivity index (χ0n) is 10.1. The van der Waals surface area contributed by atoms with Crippen LogP contribution in [-0.2, 0) is 4.74 Å². The lowest BCUT2D eigenvalue weighted by Crippen LogP contribution is -2.33. The first kappa shape index (κ1) is 13.6. The second kappa shape index (κ2) is 4.90. The summed E-state index contributed by atoms with van der Waals surface area (Å²) in [5.74, 6) is 0.196. The molecule has 3 heterocycles. The van der Waals surface area contributed by atoms with Crippen molar-refractivity contribution in [3.8, 4) is 0 Å². The Hall–Kier alpha value is -1.33. The van der Waals surface area contributed by atoms with E-state index in [1.165, 1.54) is 10.9 Å². The van der Waals surface area contributed by atoms with Crippen molar-refractivity contribution in [3.63, 3.8) is 0 Å². The zero-order chi connectivity index (χ0) is 14.4. The molecular weight excluding hydrogens is 334 g/mol. The molecule has 0 radical (unpaired) electrons. The summed E-state index contributed by atoms with van der Waals surface area (Å²) >= 11 is 3.24. The highest BCUT2D eigenvalue weighted by atomic mass is 79.9. The maximum Gasteiger partial charge on any atom is 0.181 e. The predicted molar refractivity (Wildman–Crippen MR) is 70.4 cm³/mol. The third-order valence-corrected chi connectivity index (χ3v) is 3.79. The van der Waals surface area contributed by atoms with Crippen LogP contribution in [0.25, 0.3) is 11.2 Å². The minimum Gasteiger partial charge on any atom is -0.394 e. The van der Waals surface area contributed by atoms with Gasteiger partial charge in [0.15, 0.2) is 27.9 Å². The van der Waals surface area contributed by atoms with E-state index in [1.54, 1.807) is 0 Å². The van der Waals surface area contributed by atoms with E-state index >= 15 is 0 Å². The summed E-state index contributed by atoms with van der Waals surface area (Å²) in [6.45, 7) is -0.407. The monoisotopic (exact) mass is 345 g/mol. The van der Waals surface area contributed by atoms with Crippen LogP contribution in [-0.4, -0.2) is 59.8 Å². The molecule has 0 bridgehead atoms. The van der Waals surface area contributed by atoms with E-state index < -0.39 is 31.1 Å². The van der Waals surface area contributed by atoms with Crippen LogP contribution in [0.2, 0.25) is 0 Å². The van der Waals surface area contributed by atoms with Gasteiger partial charge in [0.2, 0.25) is 0 Å². The summed E-state index contributed by atoms with van der Waals surface area (Å²) in [6, 6.07) is 0. The zero-order valence-corrected chi connectivity index (χ0v) is 11.7. The quantitative estimate of drug-likeness (QED) is 0.496. The normalized spacial score (nSPS) is 30.2. The van der Waals surface area contributed by atoms with Crippen LogP contribution in [0, 0.1) is 0 Å². The smallest absolute Gasteiger partial charge is 0.181 e. The molecule has 0 amide bonds. The van der Waals surface area contributed by atoms with Crippen molar-refractivity contribution in [1.29, 1.82) is 0 Å². The average molecular weight is 346 g/mol. The molecule has 0 saturated carbocycles. The minimum atomic E-state index is -1.22. The van der Waals surface area contributed by atoms with Gasteiger partial charge < -0.3 is 25.8 Å². The Labute approximate surface area is 121 Å². The molecule has 10 heteroatoms. The second-order valence-electron chi connectivity index (χ2n) is 4.41. The first-order chi connectivity index (χ1) is 9.54. The number of halogens is 1. The minimum absolute atomic E-state index is 0.196. The van der Waals surface area contributed by atoms with Crippen LogP contribution in [0.4, 0.5) is 5.82 Å².